The molecule has 1 heterocycles. The summed E-state index contributed by atoms with van der Waals surface area (Å²) in [7, 11) is 0. The van der Waals surface area contributed by atoms with Gasteiger partial charge in [-0.15, -0.1) is 0 Å². The lowest BCUT2D eigenvalue weighted by Gasteiger charge is -2.40. The van der Waals surface area contributed by atoms with Crippen LogP contribution in [0.2, 0.25) is 0 Å². The fourth-order valence-electron chi connectivity index (χ4n) is 2.52. The highest BCUT2D eigenvalue weighted by Crippen LogP contribution is 2.44. The van der Waals surface area contributed by atoms with Gasteiger partial charge in [0.2, 0.25) is 0 Å². The number of nitrogens with one attached hydrogen (secondary N) is 2. The molecule has 1 aromatic carbocycles. The van der Waals surface area contributed by atoms with E-state index < -0.39 is 11.6 Å². The highest BCUT2D eigenvalue weighted by atomic mass is 19.2. The summed E-state index contributed by atoms with van der Waals surface area (Å²) in [6.07, 6.45) is 3.55. The molecule has 0 bridgehead atoms. The van der Waals surface area contributed by atoms with Crippen molar-refractivity contribution in [3.05, 3.63) is 23.8 Å². The highest BCUT2D eigenvalue weighted by Gasteiger charge is 2.38. The third-order valence-corrected chi connectivity index (χ3v) is 3.80. The molecular formula is C12H14F2N2. The van der Waals surface area contributed by atoms with Crippen LogP contribution in [-0.4, -0.2) is 13.1 Å². The molecule has 2 nitrogen and oxygen atoms in total. The van der Waals surface area contributed by atoms with Gasteiger partial charge < -0.3 is 10.6 Å². The molecule has 1 aromatic rings. The van der Waals surface area contributed by atoms with E-state index in [1.165, 1.54) is 12.5 Å². The van der Waals surface area contributed by atoms with Gasteiger partial charge in [-0.1, -0.05) is 6.42 Å². The van der Waals surface area contributed by atoms with Crippen LogP contribution in [0.5, 0.6) is 0 Å². The number of benzene rings is 1. The number of hydrogen-bond donors (Lipinski definition) is 2. The van der Waals surface area contributed by atoms with Gasteiger partial charge in [0.1, 0.15) is 0 Å². The Bertz CT molecular complexity index is 427. The minimum Gasteiger partial charge on any atom is -0.383 e. The second-order valence-electron chi connectivity index (χ2n) is 4.84. The van der Waals surface area contributed by atoms with E-state index in [1.807, 2.05) is 0 Å². The van der Waals surface area contributed by atoms with Gasteiger partial charge in [0.05, 0.1) is 11.4 Å². The number of rotatable bonds is 0. The maximum absolute atomic E-state index is 13.6. The first-order valence-corrected chi connectivity index (χ1v) is 5.66. The number of fused-ring (bicyclic) bond motifs is 1. The second-order valence-corrected chi connectivity index (χ2v) is 4.84. The lowest BCUT2D eigenvalue weighted by atomic mass is 9.69. The van der Waals surface area contributed by atoms with Crippen LogP contribution in [-0.2, 0) is 0 Å². The van der Waals surface area contributed by atoms with Crippen molar-refractivity contribution in [2.45, 2.75) is 19.3 Å². The summed E-state index contributed by atoms with van der Waals surface area (Å²) in [5.74, 6) is -1.57. The predicted molar refractivity (Wildman–Crippen MR) is 59.6 cm³/mol. The molecule has 1 fully saturated rings. The van der Waals surface area contributed by atoms with Crippen molar-refractivity contribution >= 4 is 11.4 Å². The topological polar surface area (TPSA) is 24.1 Å². The molecule has 16 heavy (non-hydrogen) atoms. The average Bonchev–Trinajstić information content (AvgIpc) is 2.43. The fourth-order valence-corrected chi connectivity index (χ4v) is 2.52. The summed E-state index contributed by atoms with van der Waals surface area (Å²) < 4.78 is 26.6. The monoisotopic (exact) mass is 224 g/mol. The van der Waals surface area contributed by atoms with Crippen LogP contribution in [0, 0.1) is 17.0 Å². The molecule has 1 aliphatic carbocycles. The second kappa shape index (κ2) is 3.34. The molecule has 0 atom stereocenters. The Morgan fingerprint density at radius 1 is 1.06 bits per heavy atom. The van der Waals surface area contributed by atoms with Crippen LogP contribution in [0.15, 0.2) is 12.1 Å². The van der Waals surface area contributed by atoms with Gasteiger partial charge in [0, 0.05) is 18.5 Å². The van der Waals surface area contributed by atoms with Gasteiger partial charge >= 0.3 is 0 Å². The van der Waals surface area contributed by atoms with Gasteiger partial charge in [-0.3, -0.25) is 0 Å². The molecule has 0 saturated heterocycles. The normalized spacial score (nSPS) is 21.4. The minimum absolute atomic E-state index is 0.238. The average molecular weight is 224 g/mol. The summed E-state index contributed by atoms with van der Waals surface area (Å²) in [4.78, 5) is 0. The van der Waals surface area contributed by atoms with Crippen molar-refractivity contribution in [3.63, 3.8) is 0 Å². The van der Waals surface area contributed by atoms with E-state index in [0.29, 0.717) is 5.69 Å². The van der Waals surface area contributed by atoms with Crippen LogP contribution in [0.25, 0.3) is 0 Å². The maximum Gasteiger partial charge on any atom is 0.183 e. The Hall–Kier alpha value is -1.32. The number of anilines is 2. The molecule has 4 heteroatoms. The lowest BCUT2D eigenvalue weighted by molar-refractivity contribution is 0.171. The van der Waals surface area contributed by atoms with Crippen LogP contribution < -0.4 is 10.6 Å². The van der Waals surface area contributed by atoms with Crippen molar-refractivity contribution in [3.8, 4) is 0 Å². The summed E-state index contributed by atoms with van der Waals surface area (Å²) in [5.41, 5.74) is 1.19. The fraction of sp³-hybridized carbons (Fsp3) is 0.500. The molecule has 1 aliphatic heterocycles. The zero-order valence-electron chi connectivity index (χ0n) is 8.95. The van der Waals surface area contributed by atoms with E-state index in [9.17, 15) is 8.78 Å². The van der Waals surface area contributed by atoms with E-state index in [-0.39, 0.29) is 11.1 Å². The van der Waals surface area contributed by atoms with Crippen molar-refractivity contribution < 1.29 is 8.78 Å². The highest BCUT2D eigenvalue weighted by molar-refractivity contribution is 5.70. The maximum atomic E-state index is 13.6. The van der Waals surface area contributed by atoms with E-state index in [0.717, 1.165) is 25.9 Å². The summed E-state index contributed by atoms with van der Waals surface area (Å²) >= 11 is 0. The van der Waals surface area contributed by atoms with E-state index in [2.05, 4.69) is 10.6 Å². The molecular weight excluding hydrogens is 210 g/mol. The Balaban J connectivity index is 1.94. The summed E-state index contributed by atoms with van der Waals surface area (Å²) in [6, 6.07) is 2.76. The van der Waals surface area contributed by atoms with E-state index in [4.69, 9.17) is 0 Å². The molecule has 0 aromatic heterocycles. The molecule has 2 N–H and O–H groups in total. The largest absolute Gasteiger partial charge is 0.383 e. The van der Waals surface area contributed by atoms with E-state index >= 15 is 0 Å². The Morgan fingerprint density at radius 2 is 1.81 bits per heavy atom. The summed E-state index contributed by atoms with van der Waals surface area (Å²) in [6.45, 7) is 1.57. The molecule has 0 amide bonds. The molecule has 0 radical (unpaired) electrons. The zero-order chi connectivity index (χ0) is 11.2. The molecule has 0 unspecified atom stereocenters. The molecule has 2 aliphatic rings. The number of halogens is 2. The minimum atomic E-state index is -0.794. The van der Waals surface area contributed by atoms with Gasteiger partial charge in [-0.2, -0.15) is 0 Å². The van der Waals surface area contributed by atoms with Gasteiger partial charge in [0.25, 0.3) is 0 Å². The van der Waals surface area contributed by atoms with Crippen molar-refractivity contribution in [2.75, 3.05) is 23.7 Å². The molecule has 3 rings (SSSR count). The molecule has 1 saturated carbocycles. The first kappa shape index (κ1) is 9.87. The van der Waals surface area contributed by atoms with Crippen LogP contribution in [0.4, 0.5) is 20.2 Å². The first-order chi connectivity index (χ1) is 7.70. The third-order valence-electron chi connectivity index (χ3n) is 3.80. The van der Waals surface area contributed by atoms with Gasteiger partial charge in [-0.25, -0.2) is 8.78 Å². The molecule has 86 valence electrons. The van der Waals surface area contributed by atoms with Gasteiger partial charge in [0.15, 0.2) is 11.6 Å². The molecule has 1 spiro atoms. The van der Waals surface area contributed by atoms with Gasteiger partial charge in [-0.05, 0) is 25.0 Å². The van der Waals surface area contributed by atoms with Crippen LogP contribution in [0.3, 0.4) is 0 Å². The van der Waals surface area contributed by atoms with Crippen LogP contribution >= 0.6 is 0 Å². The van der Waals surface area contributed by atoms with E-state index in [1.54, 1.807) is 6.07 Å². The Labute approximate surface area is 93.0 Å². The zero-order valence-corrected chi connectivity index (χ0v) is 8.95. The smallest absolute Gasteiger partial charge is 0.183 e. The Morgan fingerprint density at radius 3 is 2.50 bits per heavy atom. The Kier molecular flexibility index (Phi) is 2.06. The van der Waals surface area contributed by atoms with Crippen molar-refractivity contribution in [1.29, 1.82) is 0 Å². The summed E-state index contributed by atoms with van der Waals surface area (Å²) in [5, 5.41) is 6.27. The van der Waals surface area contributed by atoms with Crippen LogP contribution in [0.1, 0.15) is 19.3 Å². The third kappa shape index (κ3) is 1.36. The standard InChI is InChI=1S/C12H14F2N2/c13-8-2-3-9-11(10(8)14)16-7-12(6-15-9)4-1-5-12/h2-3,15-16H,1,4-7H2. The predicted octanol–water partition coefficient (Wildman–Crippen LogP) is 2.97. The quantitative estimate of drug-likeness (QED) is 0.708. The number of hydrogen-bond acceptors (Lipinski definition) is 2. The van der Waals surface area contributed by atoms with Crippen molar-refractivity contribution in [2.24, 2.45) is 5.41 Å². The first-order valence-electron chi connectivity index (χ1n) is 5.66. The van der Waals surface area contributed by atoms with Crippen molar-refractivity contribution in [1.82, 2.24) is 0 Å². The SMILES string of the molecule is Fc1ccc2c(c1F)NCC1(CCC1)CN2. The lowest BCUT2D eigenvalue weighted by Crippen LogP contribution is -2.40.